The van der Waals surface area contributed by atoms with Crippen molar-refractivity contribution < 1.29 is 19.1 Å². The maximum absolute atomic E-state index is 12.4. The standard InChI is InChI=1S/C15H14Br3NO4/c1-4-22-15(21)12-10(6-16)19(3)9-5-8(17)14(23-7(2)20)13(18)11(9)12/h5H,4,6H2,1-3H3. The highest BCUT2D eigenvalue weighted by molar-refractivity contribution is 9.11. The number of rotatable bonds is 4. The van der Waals surface area contributed by atoms with Crippen molar-refractivity contribution in [3.05, 3.63) is 26.3 Å². The third kappa shape index (κ3) is 3.34. The lowest BCUT2D eigenvalue weighted by Crippen LogP contribution is -2.08. The molecular formula is C15H14Br3NO4. The van der Waals surface area contributed by atoms with Crippen LogP contribution in [0.1, 0.15) is 29.9 Å². The van der Waals surface area contributed by atoms with Gasteiger partial charge in [0.15, 0.2) is 5.75 Å². The van der Waals surface area contributed by atoms with Crippen LogP contribution in [0.25, 0.3) is 10.9 Å². The van der Waals surface area contributed by atoms with Crippen LogP contribution in [0.4, 0.5) is 0 Å². The van der Waals surface area contributed by atoms with Crippen LogP contribution in [0, 0.1) is 0 Å². The molecule has 0 saturated heterocycles. The molecule has 0 N–H and O–H groups in total. The van der Waals surface area contributed by atoms with Crippen molar-refractivity contribution in [1.29, 1.82) is 0 Å². The molecule has 2 aromatic rings. The summed E-state index contributed by atoms with van der Waals surface area (Å²) in [5.41, 5.74) is 2.05. The number of halogens is 3. The maximum atomic E-state index is 12.4. The van der Waals surface area contributed by atoms with Crippen LogP contribution in [0.15, 0.2) is 15.0 Å². The summed E-state index contributed by atoms with van der Waals surface area (Å²) in [6, 6.07) is 1.81. The summed E-state index contributed by atoms with van der Waals surface area (Å²) in [5, 5.41) is 1.14. The van der Waals surface area contributed by atoms with Crippen LogP contribution in [0.3, 0.4) is 0 Å². The van der Waals surface area contributed by atoms with E-state index in [0.717, 1.165) is 11.2 Å². The number of fused-ring (bicyclic) bond motifs is 1. The van der Waals surface area contributed by atoms with Crippen LogP contribution >= 0.6 is 47.8 Å². The number of ether oxygens (including phenoxy) is 2. The van der Waals surface area contributed by atoms with Gasteiger partial charge in [0.2, 0.25) is 0 Å². The summed E-state index contributed by atoms with van der Waals surface area (Å²) in [4.78, 5) is 23.8. The second-order valence-corrected chi connectivity index (χ2v) is 6.93. The number of carbonyl (C=O) groups is 2. The van der Waals surface area contributed by atoms with E-state index in [9.17, 15) is 9.59 Å². The van der Waals surface area contributed by atoms with Crippen molar-refractivity contribution in [2.75, 3.05) is 6.61 Å². The normalized spacial score (nSPS) is 10.9. The minimum Gasteiger partial charge on any atom is -0.462 e. The highest BCUT2D eigenvalue weighted by atomic mass is 79.9. The number of esters is 2. The Bertz CT molecular complexity index is 798. The van der Waals surface area contributed by atoms with Gasteiger partial charge in [-0.15, -0.1) is 0 Å². The van der Waals surface area contributed by atoms with Gasteiger partial charge in [-0.3, -0.25) is 4.79 Å². The van der Waals surface area contributed by atoms with E-state index in [4.69, 9.17) is 9.47 Å². The van der Waals surface area contributed by atoms with E-state index in [1.807, 2.05) is 17.7 Å². The van der Waals surface area contributed by atoms with Gasteiger partial charge in [-0.25, -0.2) is 4.79 Å². The van der Waals surface area contributed by atoms with Gasteiger partial charge in [0.25, 0.3) is 0 Å². The van der Waals surface area contributed by atoms with Crippen LogP contribution in [-0.2, 0) is 21.9 Å². The molecule has 23 heavy (non-hydrogen) atoms. The van der Waals surface area contributed by atoms with Crippen molar-refractivity contribution in [1.82, 2.24) is 4.57 Å². The molecule has 0 aliphatic heterocycles. The van der Waals surface area contributed by atoms with E-state index < -0.39 is 11.9 Å². The molecular weight excluding hydrogens is 498 g/mol. The monoisotopic (exact) mass is 509 g/mol. The lowest BCUT2D eigenvalue weighted by Gasteiger charge is -2.09. The van der Waals surface area contributed by atoms with E-state index in [1.165, 1.54) is 6.92 Å². The largest absolute Gasteiger partial charge is 0.462 e. The second-order valence-electron chi connectivity index (χ2n) is 4.72. The average molecular weight is 512 g/mol. The Labute approximate surface area is 158 Å². The molecule has 0 unspecified atom stereocenters. The molecule has 8 heteroatoms. The molecule has 1 heterocycles. The summed E-state index contributed by atoms with van der Waals surface area (Å²) < 4.78 is 13.5. The minimum atomic E-state index is -0.444. The Morgan fingerprint density at radius 1 is 1.30 bits per heavy atom. The number of alkyl halides is 1. The first-order valence-electron chi connectivity index (χ1n) is 6.74. The number of hydrogen-bond acceptors (Lipinski definition) is 4. The molecule has 0 spiro atoms. The molecule has 0 fully saturated rings. The molecule has 1 aromatic carbocycles. The van der Waals surface area contributed by atoms with Gasteiger partial charge in [-0.1, -0.05) is 15.9 Å². The van der Waals surface area contributed by atoms with E-state index >= 15 is 0 Å². The topological polar surface area (TPSA) is 57.5 Å². The average Bonchev–Trinajstić information content (AvgIpc) is 2.76. The zero-order valence-electron chi connectivity index (χ0n) is 12.7. The summed E-state index contributed by atoms with van der Waals surface area (Å²) in [5.74, 6) is -0.522. The van der Waals surface area contributed by atoms with Gasteiger partial charge in [-0.05, 0) is 44.8 Å². The Kier molecular flexibility index (Phi) is 5.91. The van der Waals surface area contributed by atoms with Gasteiger partial charge >= 0.3 is 11.9 Å². The smallest absolute Gasteiger partial charge is 0.340 e. The Morgan fingerprint density at radius 2 is 1.96 bits per heavy atom. The first kappa shape index (κ1) is 18.5. The van der Waals surface area contributed by atoms with E-state index in [-0.39, 0.29) is 6.61 Å². The van der Waals surface area contributed by atoms with Crippen LogP contribution in [0.5, 0.6) is 5.75 Å². The summed E-state index contributed by atoms with van der Waals surface area (Å²) in [7, 11) is 1.87. The van der Waals surface area contributed by atoms with Gasteiger partial charge in [0.05, 0.1) is 26.6 Å². The molecule has 0 aliphatic carbocycles. The van der Waals surface area contributed by atoms with Gasteiger partial charge < -0.3 is 14.0 Å². The van der Waals surface area contributed by atoms with E-state index in [2.05, 4.69) is 47.8 Å². The molecule has 0 amide bonds. The minimum absolute atomic E-state index is 0.280. The number of aromatic nitrogens is 1. The molecule has 124 valence electrons. The lowest BCUT2D eigenvalue weighted by atomic mass is 10.1. The van der Waals surface area contributed by atoms with Crippen LogP contribution in [0.2, 0.25) is 0 Å². The molecule has 0 saturated carbocycles. The SMILES string of the molecule is CCOC(=O)c1c(CBr)n(C)c2cc(Br)c(OC(C)=O)c(Br)c12. The van der Waals surface area contributed by atoms with Crippen LogP contribution in [-0.4, -0.2) is 23.1 Å². The van der Waals surface area contributed by atoms with Crippen LogP contribution < -0.4 is 4.74 Å². The molecule has 0 radical (unpaired) electrons. The number of benzene rings is 1. The van der Waals surface area contributed by atoms with Crippen molar-refractivity contribution in [2.45, 2.75) is 19.2 Å². The fourth-order valence-corrected chi connectivity index (χ4v) is 4.48. The fraction of sp³-hybridized carbons (Fsp3) is 0.333. The van der Waals surface area contributed by atoms with Crippen molar-refractivity contribution in [3.63, 3.8) is 0 Å². The summed E-state index contributed by atoms with van der Waals surface area (Å²) >= 11 is 10.3. The molecule has 0 aliphatic rings. The first-order chi connectivity index (χ1) is 10.8. The third-order valence-corrected chi connectivity index (χ3v) is 5.19. The Hall–Kier alpha value is -0.860. The maximum Gasteiger partial charge on any atom is 0.340 e. The number of hydrogen-bond donors (Lipinski definition) is 0. The van der Waals surface area contributed by atoms with E-state index in [0.29, 0.717) is 31.0 Å². The van der Waals surface area contributed by atoms with Gasteiger partial charge in [-0.2, -0.15) is 0 Å². The number of nitrogens with zero attached hydrogens (tertiary/aromatic N) is 1. The van der Waals surface area contributed by atoms with Gasteiger partial charge in [0.1, 0.15) is 0 Å². The predicted molar refractivity (Wildman–Crippen MR) is 98.2 cm³/mol. The Balaban J connectivity index is 2.87. The fourth-order valence-electron chi connectivity index (χ4n) is 2.37. The molecule has 0 atom stereocenters. The zero-order valence-corrected chi connectivity index (χ0v) is 17.5. The first-order valence-corrected chi connectivity index (χ1v) is 9.44. The number of aryl methyl sites for hydroxylation is 1. The summed E-state index contributed by atoms with van der Waals surface area (Å²) in [6.07, 6.45) is 0. The molecule has 5 nitrogen and oxygen atoms in total. The molecule has 0 bridgehead atoms. The predicted octanol–water partition coefficient (Wildman–Crippen LogP) is 4.70. The quantitative estimate of drug-likeness (QED) is 0.339. The van der Waals surface area contributed by atoms with Crippen molar-refractivity contribution >= 4 is 70.6 Å². The summed E-state index contributed by atoms with van der Waals surface area (Å²) in [6.45, 7) is 3.36. The van der Waals surface area contributed by atoms with Gasteiger partial charge in [0, 0.05) is 30.4 Å². The highest BCUT2D eigenvalue weighted by Gasteiger charge is 2.26. The zero-order chi connectivity index (χ0) is 17.3. The lowest BCUT2D eigenvalue weighted by molar-refractivity contribution is -0.131. The molecule has 1 aromatic heterocycles. The number of carbonyl (C=O) groups excluding carboxylic acids is 2. The Morgan fingerprint density at radius 3 is 2.48 bits per heavy atom. The third-order valence-electron chi connectivity index (χ3n) is 3.31. The second kappa shape index (κ2) is 7.36. The van der Waals surface area contributed by atoms with Crippen molar-refractivity contribution in [3.8, 4) is 5.75 Å². The van der Waals surface area contributed by atoms with E-state index in [1.54, 1.807) is 6.92 Å². The van der Waals surface area contributed by atoms with Crippen molar-refractivity contribution in [2.24, 2.45) is 7.05 Å². The molecule has 2 rings (SSSR count). The highest BCUT2D eigenvalue weighted by Crippen LogP contribution is 2.43.